The van der Waals surface area contributed by atoms with Crippen LogP contribution in [0.5, 0.6) is 0 Å². The topological polar surface area (TPSA) is 56.0 Å². The fourth-order valence-corrected chi connectivity index (χ4v) is 1.39. The minimum atomic E-state index is -4.96. The molecule has 8 heteroatoms. The molecule has 0 atom stereocenters. The molecule has 1 heterocycles. The van der Waals surface area contributed by atoms with E-state index in [0.29, 0.717) is 6.20 Å². The molecule has 0 fully saturated rings. The van der Waals surface area contributed by atoms with Gasteiger partial charge in [0, 0.05) is 18.3 Å². The van der Waals surface area contributed by atoms with E-state index in [1.807, 2.05) is 0 Å². The van der Waals surface area contributed by atoms with Gasteiger partial charge in [-0.3, -0.25) is 9.78 Å². The molecule has 0 aromatic carbocycles. The van der Waals surface area contributed by atoms with Crippen molar-refractivity contribution >= 4 is 6.29 Å². The van der Waals surface area contributed by atoms with Crippen LogP contribution in [0, 0.1) is 0 Å². The zero-order valence-corrected chi connectivity index (χ0v) is 8.26. The number of carbonyl (C=O) groups excluding carboxylic acids is 1. The van der Waals surface area contributed by atoms with Gasteiger partial charge in [-0.2, -0.15) is 13.2 Å². The Kier molecular flexibility index (Phi) is 3.76. The SMILES string of the molecule is NCc1c(C(F)F)cnc(C=O)c1C(F)(F)F. The minimum Gasteiger partial charge on any atom is -0.326 e. The Bertz CT molecular complexity index is 430. The third-order valence-corrected chi connectivity index (χ3v) is 2.08. The first-order chi connectivity index (χ1) is 7.82. The second-order valence-corrected chi connectivity index (χ2v) is 3.07. The minimum absolute atomic E-state index is 0.142. The van der Waals surface area contributed by atoms with Crippen LogP contribution in [0.25, 0.3) is 0 Å². The van der Waals surface area contributed by atoms with Crippen LogP contribution in [0.1, 0.15) is 33.6 Å². The van der Waals surface area contributed by atoms with Crippen LogP contribution in [0.4, 0.5) is 22.0 Å². The molecule has 0 aliphatic heterocycles. The molecule has 2 N–H and O–H groups in total. The number of rotatable bonds is 3. The van der Waals surface area contributed by atoms with Gasteiger partial charge < -0.3 is 5.73 Å². The van der Waals surface area contributed by atoms with Gasteiger partial charge in [-0.15, -0.1) is 0 Å². The second-order valence-electron chi connectivity index (χ2n) is 3.07. The molecule has 1 aromatic rings. The molecule has 0 amide bonds. The lowest BCUT2D eigenvalue weighted by atomic mass is 10.0. The molecule has 0 aliphatic rings. The van der Waals surface area contributed by atoms with Crippen LogP contribution in [0.2, 0.25) is 0 Å². The third-order valence-electron chi connectivity index (χ3n) is 2.08. The van der Waals surface area contributed by atoms with E-state index in [0.717, 1.165) is 0 Å². The second kappa shape index (κ2) is 4.74. The van der Waals surface area contributed by atoms with Crippen molar-refractivity contribution in [2.45, 2.75) is 19.1 Å². The van der Waals surface area contributed by atoms with Gasteiger partial charge >= 0.3 is 6.18 Å². The summed E-state index contributed by atoms with van der Waals surface area (Å²) in [6, 6.07) is 0. The Morgan fingerprint density at radius 3 is 2.35 bits per heavy atom. The Labute approximate surface area is 92.4 Å². The standard InChI is InChI=1S/C9H7F5N2O/c10-8(11)5-2-16-6(3-17)7(4(5)1-15)9(12,13)14/h2-3,8H,1,15H2. The Morgan fingerprint density at radius 1 is 1.41 bits per heavy atom. The molecule has 1 rings (SSSR count). The molecule has 17 heavy (non-hydrogen) atoms. The molecule has 0 saturated carbocycles. The Balaban J connectivity index is 3.61. The summed E-state index contributed by atoms with van der Waals surface area (Å²) in [5, 5.41) is 0. The van der Waals surface area contributed by atoms with Crippen LogP contribution in [-0.4, -0.2) is 11.3 Å². The maximum Gasteiger partial charge on any atom is 0.418 e. The summed E-state index contributed by atoms with van der Waals surface area (Å²) in [4.78, 5) is 13.5. The first-order valence-electron chi connectivity index (χ1n) is 4.35. The summed E-state index contributed by atoms with van der Waals surface area (Å²) in [6.07, 6.45) is -7.70. The van der Waals surface area contributed by atoms with E-state index in [4.69, 9.17) is 5.73 Å². The third kappa shape index (κ3) is 2.57. The summed E-state index contributed by atoms with van der Waals surface area (Å²) >= 11 is 0. The molecule has 0 unspecified atom stereocenters. The number of pyridine rings is 1. The van der Waals surface area contributed by atoms with E-state index < -0.39 is 41.5 Å². The molecular weight excluding hydrogens is 247 g/mol. The van der Waals surface area contributed by atoms with Crippen LogP contribution in [0.15, 0.2) is 6.20 Å². The quantitative estimate of drug-likeness (QED) is 0.665. The average molecular weight is 254 g/mol. The van der Waals surface area contributed by atoms with E-state index in [9.17, 15) is 26.7 Å². The highest BCUT2D eigenvalue weighted by Gasteiger charge is 2.38. The summed E-state index contributed by atoms with van der Waals surface area (Å²) < 4.78 is 62.8. The number of aldehydes is 1. The van der Waals surface area contributed by atoms with Crippen molar-refractivity contribution in [3.8, 4) is 0 Å². The fraction of sp³-hybridized carbons (Fsp3) is 0.333. The smallest absolute Gasteiger partial charge is 0.326 e. The molecule has 0 spiro atoms. The first kappa shape index (κ1) is 13.5. The van der Waals surface area contributed by atoms with Crippen LogP contribution >= 0.6 is 0 Å². The van der Waals surface area contributed by atoms with E-state index in [-0.39, 0.29) is 6.29 Å². The van der Waals surface area contributed by atoms with Gasteiger partial charge in [0.2, 0.25) is 0 Å². The number of aromatic nitrogens is 1. The molecular formula is C9H7F5N2O. The number of alkyl halides is 5. The van der Waals surface area contributed by atoms with Gasteiger partial charge in [0.15, 0.2) is 6.29 Å². The lowest BCUT2D eigenvalue weighted by Crippen LogP contribution is -2.18. The van der Waals surface area contributed by atoms with Crippen molar-refractivity contribution < 1.29 is 26.7 Å². The maximum absolute atomic E-state index is 12.6. The zero-order valence-electron chi connectivity index (χ0n) is 8.26. The fourth-order valence-electron chi connectivity index (χ4n) is 1.39. The van der Waals surface area contributed by atoms with Crippen molar-refractivity contribution in [2.75, 3.05) is 0 Å². The number of halogens is 5. The van der Waals surface area contributed by atoms with E-state index in [2.05, 4.69) is 4.98 Å². The monoisotopic (exact) mass is 254 g/mol. The molecule has 0 aliphatic carbocycles. The number of hydrogen-bond donors (Lipinski definition) is 1. The predicted molar refractivity (Wildman–Crippen MR) is 47.5 cm³/mol. The van der Waals surface area contributed by atoms with Crippen molar-refractivity contribution in [3.05, 3.63) is 28.6 Å². The van der Waals surface area contributed by atoms with Gasteiger partial charge in [0.1, 0.15) is 5.69 Å². The lowest BCUT2D eigenvalue weighted by molar-refractivity contribution is -0.138. The molecule has 3 nitrogen and oxygen atoms in total. The van der Waals surface area contributed by atoms with Gasteiger partial charge in [-0.25, -0.2) is 8.78 Å². The number of hydrogen-bond acceptors (Lipinski definition) is 3. The summed E-state index contributed by atoms with van der Waals surface area (Å²) in [7, 11) is 0. The highest BCUT2D eigenvalue weighted by Crippen LogP contribution is 2.37. The Morgan fingerprint density at radius 2 is 2.00 bits per heavy atom. The van der Waals surface area contributed by atoms with Crippen molar-refractivity contribution in [1.29, 1.82) is 0 Å². The van der Waals surface area contributed by atoms with Crippen molar-refractivity contribution in [2.24, 2.45) is 5.73 Å². The molecule has 0 bridgehead atoms. The zero-order chi connectivity index (χ0) is 13.2. The summed E-state index contributed by atoms with van der Waals surface area (Å²) in [6.45, 7) is -0.752. The van der Waals surface area contributed by atoms with Gasteiger partial charge in [0.05, 0.1) is 5.56 Å². The van der Waals surface area contributed by atoms with E-state index >= 15 is 0 Å². The van der Waals surface area contributed by atoms with Gasteiger partial charge in [-0.05, 0) is 5.56 Å². The number of nitrogens with zero attached hydrogens (tertiary/aromatic N) is 1. The van der Waals surface area contributed by atoms with E-state index in [1.165, 1.54) is 0 Å². The van der Waals surface area contributed by atoms with Crippen molar-refractivity contribution in [1.82, 2.24) is 4.98 Å². The normalized spacial score (nSPS) is 11.9. The average Bonchev–Trinajstić information content (AvgIpc) is 2.25. The van der Waals surface area contributed by atoms with Crippen LogP contribution < -0.4 is 5.73 Å². The van der Waals surface area contributed by atoms with Crippen molar-refractivity contribution in [3.63, 3.8) is 0 Å². The highest BCUT2D eigenvalue weighted by atomic mass is 19.4. The number of nitrogens with two attached hydrogens (primary N) is 1. The van der Waals surface area contributed by atoms with Gasteiger partial charge in [0.25, 0.3) is 6.43 Å². The summed E-state index contributed by atoms with van der Waals surface area (Å²) in [5.41, 5.74) is 0.884. The maximum atomic E-state index is 12.6. The molecule has 0 saturated heterocycles. The number of carbonyl (C=O) groups is 1. The summed E-state index contributed by atoms with van der Waals surface area (Å²) in [5.74, 6) is 0. The molecule has 94 valence electrons. The predicted octanol–water partition coefficient (Wildman–Crippen LogP) is 2.31. The van der Waals surface area contributed by atoms with E-state index in [1.54, 1.807) is 0 Å². The molecule has 1 aromatic heterocycles. The largest absolute Gasteiger partial charge is 0.418 e. The Hall–Kier alpha value is -1.57. The first-order valence-corrected chi connectivity index (χ1v) is 4.35. The highest BCUT2D eigenvalue weighted by molar-refractivity contribution is 5.75. The lowest BCUT2D eigenvalue weighted by Gasteiger charge is -2.16. The van der Waals surface area contributed by atoms with Crippen LogP contribution in [0.3, 0.4) is 0 Å². The molecule has 0 radical (unpaired) electrons. The van der Waals surface area contributed by atoms with Gasteiger partial charge in [-0.1, -0.05) is 0 Å². The van der Waals surface area contributed by atoms with Crippen LogP contribution in [-0.2, 0) is 12.7 Å².